The fourth-order valence-electron chi connectivity index (χ4n) is 4.57. The van der Waals surface area contributed by atoms with Crippen LogP contribution in [0.5, 0.6) is 0 Å². The van der Waals surface area contributed by atoms with Crippen molar-refractivity contribution >= 4 is 10.0 Å². The minimum Gasteiger partial charge on any atom is -0.306 e. The standard InChI is InChI=1S/C17H28N4O4S/c1-18(2)13-6-11-8-14(9-12(11)7-13)21(5)26(24,25)15-10-19(3)17(23)20(4)16(15)22/h10-14H,6-9H2,1-5H3/t11-,12+,13?,14?. The topological polar surface area (TPSA) is 84.6 Å². The number of hydrogen-bond acceptors (Lipinski definition) is 5. The summed E-state index contributed by atoms with van der Waals surface area (Å²) in [7, 11) is 4.53. The van der Waals surface area contributed by atoms with Gasteiger partial charge in [0, 0.05) is 39.4 Å². The molecule has 8 nitrogen and oxygen atoms in total. The van der Waals surface area contributed by atoms with Gasteiger partial charge in [-0.1, -0.05) is 0 Å². The molecule has 0 aliphatic heterocycles. The van der Waals surface area contributed by atoms with E-state index in [4.69, 9.17) is 0 Å². The highest BCUT2D eigenvalue weighted by Crippen LogP contribution is 2.47. The van der Waals surface area contributed by atoms with E-state index in [0.29, 0.717) is 17.9 Å². The summed E-state index contributed by atoms with van der Waals surface area (Å²) in [5.74, 6) is 1.07. The molecule has 2 fully saturated rings. The van der Waals surface area contributed by atoms with E-state index in [0.717, 1.165) is 41.0 Å². The minimum atomic E-state index is -3.95. The molecule has 1 heterocycles. The average Bonchev–Trinajstić information content (AvgIpc) is 3.14. The van der Waals surface area contributed by atoms with E-state index in [9.17, 15) is 18.0 Å². The van der Waals surface area contributed by atoms with Gasteiger partial charge in [0.1, 0.15) is 0 Å². The van der Waals surface area contributed by atoms with Crippen molar-refractivity contribution in [2.45, 2.75) is 42.7 Å². The van der Waals surface area contributed by atoms with E-state index in [1.54, 1.807) is 7.05 Å². The van der Waals surface area contributed by atoms with Gasteiger partial charge in [0.15, 0.2) is 4.90 Å². The SMILES string of the molecule is CN(C)C1C[C@@H]2CC(N(C)S(=O)(=O)c3cn(C)c(=O)n(C)c3=O)C[C@@H]2C1. The van der Waals surface area contributed by atoms with Gasteiger partial charge in [-0.2, -0.15) is 4.31 Å². The summed E-state index contributed by atoms with van der Waals surface area (Å²) < 4.78 is 29.4. The van der Waals surface area contributed by atoms with Crippen LogP contribution in [0.1, 0.15) is 25.7 Å². The maximum atomic E-state index is 13.0. The molecule has 2 unspecified atom stereocenters. The Kier molecular flexibility index (Phi) is 4.91. The second kappa shape index (κ2) is 6.61. The molecule has 2 aliphatic carbocycles. The lowest BCUT2D eigenvalue weighted by Crippen LogP contribution is -2.44. The third-order valence-electron chi connectivity index (χ3n) is 6.28. The largest absolute Gasteiger partial charge is 0.330 e. The van der Waals surface area contributed by atoms with Crippen molar-refractivity contribution in [3.63, 3.8) is 0 Å². The lowest BCUT2D eigenvalue weighted by Gasteiger charge is -2.26. The van der Waals surface area contributed by atoms with Gasteiger partial charge in [0.25, 0.3) is 5.56 Å². The molecule has 1 aromatic rings. The fraction of sp³-hybridized carbons (Fsp3) is 0.765. The lowest BCUT2D eigenvalue weighted by molar-refractivity contribution is 0.268. The molecule has 3 rings (SSSR count). The van der Waals surface area contributed by atoms with Crippen LogP contribution in [-0.4, -0.2) is 60.0 Å². The van der Waals surface area contributed by atoms with E-state index in [2.05, 4.69) is 19.0 Å². The maximum Gasteiger partial charge on any atom is 0.330 e. The molecular weight excluding hydrogens is 356 g/mol. The summed E-state index contributed by atoms with van der Waals surface area (Å²) in [5.41, 5.74) is -1.31. The summed E-state index contributed by atoms with van der Waals surface area (Å²) in [5, 5.41) is 0. The molecule has 0 radical (unpaired) electrons. The van der Waals surface area contributed by atoms with Crippen LogP contribution in [0.25, 0.3) is 0 Å². The summed E-state index contributed by atoms with van der Waals surface area (Å²) in [4.78, 5) is 26.1. The second-order valence-corrected chi connectivity index (χ2v) is 9.97. The Bertz CT molecular complexity index is 904. The van der Waals surface area contributed by atoms with Crippen LogP contribution in [-0.2, 0) is 24.1 Å². The minimum absolute atomic E-state index is 0.0972. The molecule has 146 valence electrons. The first-order chi connectivity index (χ1) is 12.0. The molecule has 4 atom stereocenters. The van der Waals surface area contributed by atoms with Crippen molar-refractivity contribution in [1.29, 1.82) is 0 Å². The van der Waals surface area contributed by atoms with Gasteiger partial charge in [0.2, 0.25) is 10.0 Å². The van der Waals surface area contributed by atoms with Crippen molar-refractivity contribution in [1.82, 2.24) is 18.3 Å². The molecule has 2 aliphatic rings. The van der Waals surface area contributed by atoms with E-state index in [1.165, 1.54) is 18.4 Å². The number of aromatic nitrogens is 2. The Morgan fingerprint density at radius 2 is 1.46 bits per heavy atom. The van der Waals surface area contributed by atoms with Crippen LogP contribution >= 0.6 is 0 Å². The van der Waals surface area contributed by atoms with Gasteiger partial charge >= 0.3 is 5.69 Å². The van der Waals surface area contributed by atoms with Gasteiger partial charge in [-0.3, -0.25) is 9.36 Å². The van der Waals surface area contributed by atoms with E-state index in [1.807, 2.05) is 0 Å². The zero-order chi connectivity index (χ0) is 19.4. The number of rotatable bonds is 4. The molecule has 1 aromatic heterocycles. The van der Waals surface area contributed by atoms with Crippen molar-refractivity contribution in [2.24, 2.45) is 25.9 Å². The Morgan fingerprint density at radius 1 is 0.962 bits per heavy atom. The third-order valence-corrected chi connectivity index (χ3v) is 8.17. The normalized spacial score (nSPS) is 28.9. The zero-order valence-corrected chi connectivity index (χ0v) is 16.9. The third kappa shape index (κ3) is 3.05. The smallest absolute Gasteiger partial charge is 0.306 e. The van der Waals surface area contributed by atoms with Gasteiger partial charge in [0.05, 0.1) is 0 Å². The Hall–Kier alpha value is -1.45. The van der Waals surface area contributed by atoms with Crippen molar-refractivity contribution in [2.75, 3.05) is 21.1 Å². The molecule has 0 saturated heterocycles. The maximum absolute atomic E-state index is 13.0. The first kappa shape index (κ1) is 19.3. The van der Waals surface area contributed by atoms with Crippen LogP contribution in [0.3, 0.4) is 0 Å². The average molecular weight is 385 g/mol. The number of nitrogens with zero attached hydrogens (tertiary/aromatic N) is 4. The van der Waals surface area contributed by atoms with Gasteiger partial charge in [-0.15, -0.1) is 0 Å². The zero-order valence-electron chi connectivity index (χ0n) is 16.0. The van der Waals surface area contributed by atoms with Crippen molar-refractivity contribution in [3.8, 4) is 0 Å². The van der Waals surface area contributed by atoms with Crippen LogP contribution in [0.2, 0.25) is 0 Å². The first-order valence-corrected chi connectivity index (χ1v) is 10.4. The Labute approximate surface area is 154 Å². The number of hydrogen-bond donors (Lipinski definition) is 0. The van der Waals surface area contributed by atoms with Gasteiger partial charge in [-0.05, 0) is 51.6 Å². The van der Waals surface area contributed by atoms with Crippen LogP contribution in [0.4, 0.5) is 0 Å². The predicted molar refractivity (Wildman–Crippen MR) is 98.6 cm³/mol. The molecule has 0 bridgehead atoms. The fourth-order valence-corrected chi connectivity index (χ4v) is 6.10. The second-order valence-electron chi connectivity index (χ2n) is 8.01. The number of aryl methyl sites for hydroxylation is 1. The number of fused-ring (bicyclic) bond motifs is 1. The summed E-state index contributed by atoms with van der Waals surface area (Å²) in [6.45, 7) is 0. The highest BCUT2D eigenvalue weighted by atomic mass is 32.2. The Balaban J connectivity index is 1.84. The van der Waals surface area contributed by atoms with E-state index >= 15 is 0 Å². The highest BCUT2D eigenvalue weighted by molar-refractivity contribution is 7.89. The van der Waals surface area contributed by atoms with Gasteiger partial charge < -0.3 is 9.47 Å². The predicted octanol–water partition coefficient (Wildman–Crippen LogP) is -0.177. The van der Waals surface area contributed by atoms with E-state index in [-0.39, 0.29) is 10.9 Å². The van der Waals surface area contributed by atoms with Gasteiger partial charge in [-0.25, -0.2) is 13.2 Å². The highest BCUT2D eigenvalue weighted by Gasteiger charge is 2.45. The molecule has 2 saturated carbocycles. The molecule has 0 aromatic carbocycles. The summed E-state index contributed by atoms with van der Waals surface area (Å²) in [6.07, 6.45) is 5.00. The molecule has 9 heteroatoms. The van der Waals surface area contributed by atoms with Crippen LogP contribution in [0, 0.1) is 11.8 Å². The molecule has 0 amide bonds. The Morgan fingerprint density at radius 3 is 1.96 bits per heavy atom. The quantitative estimate of drug-likeness (QED) is 0.719. The molecule has 26 heavy (non-hydrogen) atoms. The van der Waals surface area contributed by atoms with Crippen LogP contribution < -0.4 is 11.2 Å². The van der Waals surface area contributed by atoms with Crippen molar-refractivity contribution < 1.29 is 8.42 Å². The van der Waals surface area contributed by atoms with E-state index < -0.39 is 21.3 Å². The van der Waals surface area contributed by atoms with Crippen molar-refractivity contribution in [3.05, 3.63) is 27.0 Å². The summed E-state index contributed by atoms with van der Waals surface area (Å²) >= 11 is 0. The monoisotopic (exact) mass is 384 g/mol. The molecule has 0 N–H and O–H groups in total. The first-order valence-electron chi connectivity index (χ1n) is 8.95. The molecular formula is C17H28N4O4S. The van der Waals surface area contributed by atoms with Crippen LogP contribution in [0.15, 0.2) is 20.7 Å². The lowest BCUT2D eigenvalue weighted by atomic mass is 10.0. The summed E-state index contributed by atoms with van der Waals surface area (Å²) in [6, 6.07) is 0.476. The molecule has 0 spiro atoms. The number of sulfonamides is 1.